The molecule has 0 spiro atoms. The van der Waals surface area contributed by atoms with E-state index in [4.69, 9.17) is 4.74 Å². The van der Waals surface area contributed by atoms with Crippen molar-refractivity contribution in [1.82, 2.24) is 0 Å². The van der Waals surface area contributed by atoms with Gasteiger partial charge >= 0.3 is 5.97 Å². The molecule has 2 nitrogen and oxygen atoms in total. The summed E-state index contributed by atoms with van der Waals surface area (Å²) in [6.07, 6.45) is 4.86. The highest BCUT2D eigenvalue weighted by Crippen LogP contribution is 2.35. The summed E-state index contributed by atoms with van der Waals surface area (Å²) in [4.78, 5) is 11.5. The molecule has 3 heteroatoms. The van der Waals surface area contributed by atoms with Gasteiger partial charge in [-0.3, -0.25) is 0 Å². The molecule has 0 aromatic carbocycles. The topological polar surface area (TPSA) is 26.3 Å². The standard InChI is InChI=1S/C16H27BrO2/c1-6-7-10(2)8-11(3)9-12(4)15-14(17)13(5)16(18)19-15/h10-12,15H,6-9H2,1-5H3/t10-,11-,12-,15+/m0/s1. The molecule has 1 aliphatic rings. The summed E-state index contributed by atoms with van der Waals surface area (Å²) in [6, 6.07) is 0. The van der Waals surface area contributed by atoms with Crippen molar-refractivity contribution in [2.45, 2.75) is 66.4 Å². The summed E-state index contributed by atoms with van der Waals surface area (Å²) in [5, 5.41) is 0. The van der Waals surface area contributed by atoms with Crippen LogP contribution in [0.4, 0.5) is 0 Å². The van der Waals surface area contributed by atoms with Crippen molar-refractivity contribution in [3.05, 3.63) is 10.1 Å². The number of hydrogen-bond donors (Lipinski definition) is 0. The number of cyclic esters (lactones) is 1. The fourth-order valence-corrected chi connectivity index (χ4v) is 3.79. The summed E-state index contributed by atoms with van der Waals surface area (Å²) < 4.78 is 6.38. The molecule has 1 heterocycles. The van der Waals surface area contributed by atoms with Crippen molar-refractivity contribution in [3.63, 3.8) is 0 Å². The summed E-state index contributed by atoms with van der Waals surface area (Å²) in [5.41, 5.74) is 0.726. The van der Waals surface area contributed by atoms with Gasteiger partial charge in [-0.25, -0.2) is 4.79 Å². The van der Waals surface area contributed by atoms with Crippen LogP contribution in [0.2, 0.25) is 0 Å². The quantitative estimate of drug-likeness (QED) is 0.609. The molecule has 0 aromatic rings. The van der Waals surface area contributed by atoms with Gasteiger partial charge in [0.15, 0.2) is 0 Å². The number of halogens is 1. The predicted molar refractivity (Wildman–Crippen MR) is 83.1 cm³/mol. The van der Waals surface area contributed by atoms with Gasteiger partial charge in [-0.15, -0.1) is 0 Å². The molecule has 0 fully saturated rings. The van der Waals surface area contributed by atoms with E-state index in [1.54, 1.807) is 0 Å². The number of ether oxygens (including phenoxy) is 1. The highest BCUT2D eigenvalue weighted by Gasteiger charge is 2.34. The number of carbonyl (C=O) groups is 1. The Morgan fingerprint density at radius 2 is 1.84 bits per heavy atom. The van der Waals surface area contributed by atoms with Crippen LogP contribution in [-0.4, -0.2) is 12.1 Å². The predicted octanol–water partition coefficient (Wildman–Crippen LogP) is 5.07. The lowest BCUT2D eigenvalue weighted by Crippen LogP contribution is -2.22. The second-order valence-corrected chi connectivity index (χ2v) is 7.10. The fraction of sp³-hybridized carbons (Fsp3) is 0.812. The minimum Gasteiger partial charge on any atom is -0.453 e. The summed E-state index contributed by atoms with van der Waals surface area (Å²) in [5.74, 6) is 1.67. The van der Waals surface area contributed by atoms with Crippen LogP contribution in [0, 0.1) is 17.8 Å². The molecule has 0 aliphatic carbocycles. The van der Waals surface area contributed by atoms with Gasteiger partial charge in [-0.2, -0.15) is 0 Å². The average molecular weight is 331 g/mol. The van der Waals surface area contributed by atoms with Crippen molar-refractivity contribution in [1.29, 1.82) is 0 Å². The van der Waals surface area contributed by atoms with Gasteiger partial charge < -0.3 is 4.74 Å². The van der Waals surface area contributed by atoms with Gasteiger partial charge in [-0.1, -0.05) is 56.5 Å². The van der Waals surface area contributed by atoms with Crippen LogP contribution in [0.3, 0.4) is 0 Å². The molecular formula is C16H27BrO2. The average Bonchev–Trinajstić information content (AvgIpc) is 2.57. The number of hydrogen-bond acceptors (Lipinski definition) is 2. The van der Waals surface area contributed by atoms with Crippen LogP contribution in [-0.2, 0) is 9.53 Å². The lowest BCUT2D eigenvalue weighted by molar-refractivity contribution is -0.141. The van der Waals surface area contributed by atoms with Crippen LogP contribution in [0.15, 0.2) is 10.1 Å². The van der Waals surface area contributed by atoms with Gasteiger partial charge in [-0.05, 0) is 37.5 Å². The van der Waals surface area contributed by atoms with Crippen LogP contribution < -0.4 is 0 Å². The van der Waals surface area contributed by atoms with E-state index in [0.29, 0.717) is 11.8 Å². The SMILES string of the molecule is CCC[C@H](C)C[C@H](C)C[C@H](C)[C@H]1OC(=O)C(C)=C1Br. The second kappa shape index (κ2) is 7.47. The Balaban J connectivity index is 2.47. The molecule has 0 aromatic heterocycles. The Kier molecular flexibility index (Phi) is 6.58. The molecule has 0 saturated carbocycles. The Labute approximate surface area is 126 Å². The lowest BCUT2D eigenvalue weighted by Gasteiger charge is -2.24. The lowest BCUT2D eigenvalue weighted by atomic mass is 9.86. The zero-order chi connectivity index (χ0) is 14.6. The fourth-order valence-electron chi connectivity index (χ4n) is 3.08. The van der Waals surface area contributed by atoms with Gasteiger partial charge in [0.2, 0.25) is 0 Å². The Hall–Kier alpha value is -0.310. The number of esters is 1. The molecule has 0 N–H and O–H groups in total. The van der Waals surface area contributed by atoms with E-state index in [9.17, 15) is 4.79 Å². The minimum atomic E-state index is -0.171. The smallest absolute Gasteiger partial charge is 0.335 e. The third-order valence-corrected chi connectivity index (χ3v) is 5.07. The third-order valence-electron chi connectivity index (χ3n) is 4.03. The molecule has 110 valence electrons. The van der Waals surface area contributed by atoms with Gasteiger partial charge in [0.05, 0.1) is 0 Å². The molecule has 0 amide bonds. The molecule has 1 aliphatic heterocycles. The highest BCUT2D eigenvalue weighted by atomic mass is 79.9. The normalized spacial score (nSPS) is 24.3. The van der Waals surface area contributed by atoms with Gasteiger partial charge in [0.1, 0.15) is 6.10 Å². The second-order valence-electron chi connectivity index (χ2n) is 6.25. The van der Waals surface area contributed by atoms with Crippen molar-refractivity contribution in [2.75, 3.05) is 0 Å². The van der Waals surface area contributed by atoms with Crippen LogP contribution in [0.5, 0.6) is 0 Å². The number of carbonyl (C=O) groups excluding carboxylic acids is 1. The third kappa shape index (κ3) is 4.62. The summed E-state index contributed by atoms with van der Waals surface area (Å²) >= 11 is 3.51. The molecule has 1 rings (SSSR count). The van der Waals surface area contributed by atoms with Crippen LogP contribution in [0.25, 0.3) is 0 Å². The first-order valence-electron chi connectivity index (χ1n) is 7.44. The molecule has 0 radical (unpaired) electrons. The Bertz CT molecular complexity index is 349. The van der Waals surface area contributed by atoms with E-state index in [0.717, 1.165) is 22.4 Å². The van der Waals surface area contributed by atoms with E-state index in [-0.39, 0.29) is 12.1 Å². The first-order valence-corrected chi connectivity index (χ1v) is 8.23. The van der Waals surface area contributed by atoms with E-state index in [1.165, 1.54) is 19.3 Å². The van der Waals surface area contributed by atoms with E-state index < -0.39 is 0 Å². The summed E-state index contributed by atoms with van der Waals surface area (Å²) in [6.45, 7) is 10.9. The maximum absolute atomic E-state index is 11.5. The Morgan fingerprint density at radius 3 is 2.32 bits per heavy atom. The first kappa shape index (κ1) is 16.7. The van der Waals surface area contributed by atoms with Gasteiger partial charge in [0.25, 0.3) is 0 Å². The maximum atomic E-state index is 11.5. The largest absolute Gasteiger partial charge is 0.453 e. The minimum absolute atomic E-state index is 0.0727. The Morgan fingerprint density at radius 1 is 1.21 bits per heavy atom. The van der Waals surface area contributed by atoms with Crippen molar-refractivity contribution in [3.8, 4) is 0 Å². The van der Waals surface area contributed by atoms with Crippen LogP contribution in [0.1, 0.15) is 60.3 Å². The van der Waals surface area contributed by atoms with E-state index in [1.807, 2.05) is 6.92 Å². The molecule has 0 unspecified atom stereocenters. The van der Waals surface area contributed by atoms with Crippen molar-refractivity contribution < 1.29 is 9.53 Å². The molecule has 0 bridgehead atoms. The maximum Gasteiger partial charge on any atom is 0.335 e. The molecular weight excluding hydrogens is 304 g/mol. The van der Waals surface area contributed by atoms with Gasteiger partial charge in [0, 0.05) is 10.1 Å². The molecule has 19 heavy (non-hydrogen) atoms. The van der Waals surface area contributed by atoms with Crippen LogP contribution >= 0.6 is 15.9 Å². The molecule has 0 saturated heterocycles. The summed E-state index contributed by atoms with van der Waals surface area (Å²) in [7, 11) is 0. The first-order chi connectivity index (χ1) is 8.86. The zero-order valence-electron chi connectivity index (χ0n) is 12.8. The van der Waals surface area contributed by atoms with E-state index >= 15 is 0 Å². The van der Waals surface area contributed by atoms with Crippen molar-refractivity contribution >= 4 is 21.9 Å². The monoisotopic (exact) mass is 330 g/mol. The van der Waals surface area contributed by atoms with E-state index in [2.05, 4.69) is 43.6 Å². The molecule has 4 atom stereocenters. The highest BCUT2D eigenvalue weighted by molar-refractivity contribution is 9.11. The number of rotatable bonds is 7. The van der Waals surface area contributed by atoms with Crippen molar-refractivity contribution in [2.24, 2.45) is 17.8 Å². The zero-order valence-corrected chi connectivity index (χ0v) is 14.4.